The van der Waals surface area contributed by atoms with Crippen LogP contribution in [0.2, 0.25) is 0 Å². The Morgan fingerprint density at radius 2 is 1.81 bits per heavy atom. The number of ether oxygens (including phenoxy) is 3. The van der Waals surface area contributed by atoms with Crippen molar-refractivity contribution in [3.63, 3.8) is 0 Å². The Hall–Kier alpha value is -3.93. The molecule has 2 aliphatic heterocycles. The highest BCUT2D eigenvalue weighted by Gasteiger charge is 2.28. The van der Waals surface area contributed by atoms with Crippen LogP contribution >= 0.6 is 0 Å². The van der Waals surface area contributed by atoms with Gasteiger partial charge in [0.2, 0.25) is 0 Å². The molecule has 0 unspecified atom stereocenters. The number of carbonyl (C=O) groups is 2. The normalized spacial score (nSPS) is 16.6. The SMILES string of the molecule is CCOC(=O)Nc1ccc(-c2nc(N3CCOCC3)c3cnn(C4CCN(C(=O)OC)CC4)c3n2)cc1. The molecule has 5 rings (SSSR count). The number of hydrogen-bond acceptors (Lipinski definition) is 9. The number of morpholine rings is 1. The summed E-state index contributed by atoms with van der Waals surface area (Å²) in [5, 5.41) is 8.32. The number of nitrogens with zero attached hydrogens (tertiary/aromatic N) is 6. The number of hydrogen-bond donors (Lipinski definition) is 1. The van der Waals surface area contributed by atoms with Gasteiger partial charge in [-0.3, -0.25) is 5.32 Å². The van der Waals surface area contributed by atoms with Crippen molar-refractivity contribution in [3.8, 4) is 11.4 Å². The number of aromatic nitrogens is 4. The number of rotatable bonds is 5. The topological polar surface area (TPSA) is 124 Å². The third-order valence-electron chi connectivity index (χ3n) is 6.65. The Morgan fingerprint density at radius 3 is 2.49 bits per heavy atom. The minimum atomic E-state index is -0.496. The van der Waals surface area contributed by atoms with E-state index in [1.807, 2.05) is 23.0 Å². The van der Waals surface area contributed by atoms with E-state index in [0.29, 0.717) is 44.4 Å². The van der Waals surface area contributed by atoms with Gasteiger partial charge in [0.1, 0.15) is 5.82 Å². The molecule has 1 N–H and O–H groups in total. The van der Waals surface area contributed by atoms with Crippen molar-refractivity contribution >= 4 is 34.7 Å². The lowest BCUT2D eigenvalue weighted by atomic mass is 10.1. The van der Waals surface area contributed by atoms with Crippen molar-refractivity contribution in [2.24, 2.45) is 0 Å². The predicted molar refractivity (Wildman–Crippen MR) is 137 cm³/mol. The van der Waals surface area contributed by atoms with Gasteiger partial charge in [0.25, 0.3) is 0 Å². The first-order chi connectivity index (χ1) is 18.1. The van der Waals surface area contributed by atoms with E-state index in [4.69, 9.17) is 29.3 Å². The van der Waals surface area contributed by atoms with Gasteiger partial charge in [0.05, 0.1) is 44.6 Å². The zero-order chi connectivity index (χ0) is 25.8. The number of carbonyl (C=O) groups excluding carboxylic acids is 2. The highest BCUT2D eigenvalue weighted by molar-refractivity contribution is 5.89. The van der Waals surface area contributed by atoms with Gasteiger partial charge in [-0.05, 0) is 44.0 Å². The molecule has 0 aliphatic carbocycles. The second-order valence-electron chi connectivity index (χ2n) is 8.91. The molecule has 12 nitrogen and oxygen atoms in total. The average Bonchev–Trinajstić information content (AvgIpc) is 3.37. The van der Waals surface area contributed by atoms with Gasteiger partial charge in [-0.15, -0.1) is 0 Å². The largest absolute Gasteiger partial charge is 0.453 e. The molecule has 0 atom stereocenters. The van der Waals surface area contributed by atoms with Crippen LogP contribution < -0.4 is 10.2 Å². The molecule has 1 aromatic carbocycles. The number of benzene rings is 1. The summed E-state index contributed by atoms with van der Waals surface area (Å²) in [6.07, 6.45) is 2.55. The highest BCUT2D eigenvalue weighted by Crippen LogP contribution is 2.32. The summed E-state index contributed by atoms with van der Waals surface area (Å²) in [5.41, 5.74) is 2.20. The molecule has 12 heteroatoms. The Bertz CT molecular complexity index is 1250. The second-order valence-corrected chi connectivity index (χ2v) is 8.91. The van der Waals surface area contributed by atoms with Gasteiger partial charge in [0, 0.05) is 37.4 Å². The number of fused-ring (bicyclic) bond motifs is 1. The van der Waals surface area contributed by atoms with Crippen LogP contribution in [0.5, 0.6) is 0 Å². The molecule has 2 amide bonds. The Labute approximate surface area is 214 Å². The minimum Gasteiger partial charge on any atom is -0.453 e. The molecular formula is C25H31N7O5. The van der Waals surface area contributed by atoms with E-state index in [0.717, 1.165) is 48.3 Å². The van der Waals surface area contributed by atoms with E-state index in [1.54, 1.807) is 24.0 Å². The first-order valence-electron chi connectivity index (χ1n) is 12.5. The maximum absolute atomic E-state index is 11.9. The lowest BCUT2D eigenvalue weighted by Gasteiger charge is -2.31. The molecule has 0 bridgehead atoms. The van der Waals surface area contributed by atoms with Crippen LogP contribution in [0.4, 0.5) is 21.1 Å². The third kappa shape index (κ3) is 5.29. The van der Waals surface area contributed by atoms with E-state index in [2.05, 4.69) is 10.2 Å². The van der Waals surface area contributed by atoms with Crippen LogP contribution in [-0.2, 0) is 14.2 Å². The molecule has 0 spiro atoms. The Morgan fingerprint density at radius 1 is 1.08 bits per heavy atom. The fraction of sp³-hybridized carbons (Fsp3) is 0.480. The molecule has 3 aromatic rings. The summed E-state index contributed by atoms with van der Waals surface area (Å²) in [6, 6.07) is 7.46. The van der Waals surface area contributed by atoms with Gasteiger partial charge in [-0.25, -0.2) is 24.2 Å². The van der Waals surface area contributed by atoms with Gasteiger partial charge in [-0.2, -0.15) is 5.10 Å². The maximum Gasteiger partial charge on any atom is 0.411 e. The van der Waals surface area contributed by atoms with Crippen molar-refractivity contribution < 1.29 is 23.8 Å². The van der Waals surface area contributed by atoms with Crippen LogP contribution in [0, 0.1) is 0 Å². The zero-order valence-corrected chi connectivity index (χ0v) is 21.1. The van der Waals surface area contributed by atoms with Gasteiger partial charge >= 0.3 is 12.2 Å². The molecule has 0 radical (unpaired) electrons. The summed E-state index contributed by atoms with van der Waals surface area (Å²) in [7, 11) is 1.40. The van der Waals surface area contributed by atoms with E-state index in [-0.39, 0.29) is 12.1 Å². The lowest BCUT2D eigenvalue weighted by Crippen LogP contribution is -2.39. The van der Waals surface area contributed by atoms with Crippen molar-refractivity contribution in [2.45, 2.75) is 25.8 Å². The number of methoxy groups -OCH3 is 1. The average molecular weight is 510 g/mol. The number of amides is 2. The smallest absolute Gasteiger partial charge is 0.411 e. The number of anilines is 2. The first kappa shape index (κ1) is 24.8. The molecular weight excluding hydrogens is 478 g/mol. The third-order valence-corrected chi connectivity index (χ3v) is 6.65. The summed E-state index contributed by atoms with van der Waals surface area (Å²) in [4.78, 5) is 37.5. The fourth-order valence-corrected chi connectivity index (χ4v) is 4.73. The van der Waals surface area contributed by atoms with Gasteiger partial charge in [-0.1, -0.05) is 0 Å². The number of likely N-dealkylation sites (tertiary alicyclic amines) is 1. The first-order valence-corrected chi connectivity index (χ1v) is 12.5. The van der Waals surface area contributed by atoms with Crippen LogP contribution in [-0.4, -0.2) is 89.9 Å². The van der Waals surface area contributed by atoms with E-state index in [9.17, 15) is 9.59 Å². The van der Waals surface area contributed by atoms with Crippen LogP contribution in [0.3, 0.4) is 0 Å². The van der Waals surface area contributed by atoms with Crippen LogP contribution in [0.25, 0.3) is 22.4 Å². The molecule has 196 valence electrons. The van der Waals surface area contributed by atoms with E-state index >= 15 is 0 Å². The number of nitrogens with one attached hydrogen (secondary N) is 1. The van der Waals surface area contributed by atoms with Crippen LogP contribution in [0.15, 0.2) is 30.5 Å². The maximum atomic E-state index is 11.9. The summed E-state index contributed by atoms with van der Waals surface area (Å²) in [6.45, 7) is 5.99. The molecule has 2 aromatic heterocycles. The molecule has 2 aliphatic rings. The van der Waals surface area contributed by atoms with E-state index < -0.39 is 6.09 Å². The van der Waals surface area contributed by atoms with Crippen LogP contribution in [0.1, 0.15) is 25.8 Å². The quantitative estimate of drug-likeness (QED) is 0.552. The van der Waals surface area contributed by atoms with Crippen molar-refractivity contribution in [1.29, 1.82) is 0 Å². The molecule has 2 fully saturated rings. The molecule has 0 saturated carbocycles. The Kier molecular flexibility index (Phi) is 7.35. The second kappa shape index (κ2) is 11.0. The van der Waals surface area contributed by atoms with Crippen molar-refractivity contribution in [2.75, 3.05) is 63.3 Å². The lowest BCUT2D eigenvalue weighted by molar-refractivity contribution is 0.106. The molecule has 37 heavy (non-hydrogen) atoms. The standard InChI is InChI=1S/C25H31N7O5/c1-3-37-24(33)27-18-6-4-17(5-7-18)21-28-22(30-12-14-36-15-13-30)20-16-26-32(23(20)29-21)19-8-10-31(11-9-19)25(34)35-2/h4-7,16,19H,3,8-15H2,1-2H3,(H,27,33). The summed E-state index contributed by atoms with van der Waals surface area (Å²) < 4.78 is 17.3. The van der Waals surface area contributed by atoms with Gasteiger partial charge < -0.3 is 24.0 Å². The summed E-state index contributed by atoms with van der Waals surface area (Å²) in [5.74, 6) is 1.40. The monoisotopic (exact) mass is 509 g/mol. The predicted octanol–water partition coefficient (Wildman–Crippen LogP) is 3.30. The summed E-state index contributed by atoms with van der Waals surface area (Å²) >= 11 is 0. The molecule has 2 saturated heterocycles. The van der Waals surface area contributed by atoms with Crippen molar-refractivity contribution in [3.05, 3.63) is 30.5 Å². The molecule has 4 heterocycles. The van der Waals surface area contributed by atoms with Gasteiger partial charge in [0.15, 0.2) is 11.5 Å². The van der Waals surface area contributed by atoms with E-state index in [1.165, 1.54) is 7.11 Å². The number of piperidine rings is 1. The zero-order valence-electron chi connectivity index (χ0n) is 21.1. The minimum absolute atomic E-state index is 0.106. The van der Waals surface area contributed by atoms with Crippen molar-refractivity contribution in [1.82, 2.24) is 24.6 Å². The Balaban J connectivity index is 1.48. The fourth-order valence-electron chi connectivity index (χ4n) is 4.73. The highest BCUT2D eigenvalue weighted by atomic mass is 16.5.